The molecule has 0 radical (unpaired) electrons. The van der Waals surface area contributed by atoms with Crippen LogP contribution in [0.4, 0.5) is 22.7 Å². The van der Waals surface area contributed by atoms with Crippen molar-refractivity contribution in [1.29, 1.82) is 0 Å². The van der Waals surface area contributed by atoms with E-state index in [1.807, 2.05) is 12.1 Å². The van der Waals surface area contributed by atoms with E-state index in [-0.39, 0.29) is 22.6 Å². The lowest BCUT2D eigenvalue weighted by atomic mass is 9.81. The fourth-order valence-electron chi connectivity index (χ4n) is 6.08. The highest BCUT2D eigenvalue weighted by Gasteiger charge is 2.44. The summed E-state index contributed by atoms with van der Waals surface area (Å²) in [4.78, 5) is 25.5. The minimum atomic E-state index is -0.184. The predicted molar refractivity (Wildman–Crippen MR) is 172 cm³/mol. The van der Waals surface area contributed by atoms with E-state index in [9.17, 15) is 9.59 Å². The number of rotatable bonds is 8. The first-order chi connectivity index (χ1) is 19.4. The van der Waals surface area contributed by atoms with Gasteiger partial charge in [0.1, 0.15) is 6.54 Å². The van der Waals surface area contributed by atoms with Crippen molar-refractivity contribution in [2.24, 2.45) is 0 Å². The highest BCUT2D eigenvalue weighted by Crippen LogP contribution is 2.48. The molecule has 0 aromatic heterocycles. The summed E-state index contributed by atoms with van der Waals surface area (Å²) in [6, 6.07) is 12.3. The number of hydrogen-bond acceptors (Lipinski definition) is 3. The molecule has 0 atom stereocenters. The molecule has 4 rings (SSSR count). The molecule has 0 spiro atoms. The van der Waals surface area contributed by atoms with Crippen LogP contribution in [0.25, 0.3) is 0 Å². The Kier molecular flexibility index (Phi) is 8.52. The molecule has 0 saturated heterocycles. The normalized spacial score (nSPS) is 18.1. The van der Waals surface area contributed by atoms with Crippen LogP contribution >= 0.6 is 0 Å². The van der Waals surface area contributed by atoms with Crippen LogP contribution in [0.5, 0.6) is 0 Å². The van der Waals surface area contributed by atoms with Gasteiger partial charge in [-0.2, -0.15) is 4.58 Å². The third-order valence-electron chi connectivity index (χ3n) is 8.01. The quantitative estimate of drug-likeness (QED) is 0.266. The van der Waals surface area contributed by atoms with Crippen LogP contribution in [0.2, 0.25) is 0 Å². The van der Waals surface area contributed by atoms with Crippen LogP contribution in [-0.2, 0) is 20.4 Å². The second kappa shape index (κ2) is 11.7. The zero-order chi connectivity index (χ0) is 29.9. The minimum Gasteiger partial charge on any atom is -0.344 e. The van der Waals surface area contributed by atoms with Gasteiger partial charge in [-0.1, -0.05) is 44.2 Å². The number of fused-ring (bicyclic) bond motifs is 2. The first-order valence-electron chi connectivity index (χ1n) is 14.4. The molecule has 2 aromatic rings. The van der Waals surface area contributed by atoms with Crippen molar-refractivity contribution in [3.8, 4) is 0 Å². The highest BCUT2D eigenvalue weighted by molar-refractivity contribution is 6.03. The van der Waals surface area contributed by atoms with E-state index in [0.29, 0.717) is 0 Å². The number of amides is 2. The van der Waals surface area contributed by atoms with Crippen molar-refractivity contribution in [3.05, 3.63) is 95.8 Å². The van der Waals surface area contributed by atoms with Crippen molar-refractivity contribution in [2.75, 3.05) is 28.6 Å². The van der Waals surface area contributed by atoms with Gasteiger partial charge in [0.25, 0.3) is 0 Å². The number of likely N-dealkylation sites (N-methyl/N-ethyl adjacent to an activating group) is 1. The van der Waals surface area contributed by atoms with Crippen LogP contribution in [0.3, 0.4) is 0 Å². The lowest BCUT2D eigenvalue weighted by Crippen LogP contribution is -2.27. The first-order valence-corrected chi connectivity index (χ1v) is 14.4. The molecule has 2 N–H and O–H groups in total. The predicted octanol–water partition coefficient (Wildman–Crippen LogP) is 7.37. The van der Waals surface area contributed by atoms with Crippen LogP contribution in [0.1, 0.15) is 66.5 Å². The maximum atomic E-state index is 11.6. The zero-order valence-corrected chi connectivity index (χ0v) is 25.6. The summed E-state index contributed by atoms with van der Waals surface area (Å²) >= 11 is 0. The molecule has 2 amide bonds. The van der Waals surface area contributed by atoms with E-state index in [2.05, 4.69) is 128 Å². The summed E-state index contributed by atoms with van der Waals surface area (Å²) in [7, 11) is 0. The van der Waals surface area contributed by atoms with E-state index in [1.54, 1.807) is 0 Å². The third kappa shape index (κ3) is 5.83. The number of allylic oxidation sites excluding steroid dienone is 8. The van der Waals surface area contributed by atoms with Crippen LogP contribution in [0, 0.1) is 0 Å². The van der Waals surface area contributed by atoms with Gasteiger partial charge < -0.3 is 15.5 Å². The highest BCUT2D eigenvalue weighted by atomic mass is 16.2. The smallest absolute Gasteiger partial charge is 0.221 e. The van der Waals surface area contributed by atoms with Crippen molar-refractivity contribution in [3.63, 3.8) is 0 Å². The van der Waals surface area contributed by atoms with Crippen molar-refractivity contribution >= 4 is 40.3 Å². The first kappa shape index (κ1) is 29.8. The van der Waals surface area contributed by atoms with E-state index < -0.39 is 0 Å². The maximum Gasteiger partial charge on any atom is 0.221 e. The lowest BCUT2D eigenvalue weighted by Gasteiger charge is -2.25. The Labute approximate surface area is 244 Å². The Bertz CT molecular complexity index is 1520. The monoisotopic (exact) mass is 551 g/mol. The van der Waals surface area contributed by atoms with E-state index in [1.165, 1.54) is 47.8 Å². The SMILES string of the molecule is CCN1C(=CC=CC=CC=CC2=[N+](CC)c3ccc(NC(C)=O)cc3C2(C)C)C(C)(C)c2cc(NC(C)=O)ccc21. The molecule has 214 valence electrons. The molecular weight excluding hydrogens is 508 g/mol. The van der Waals surface area contributed by atoms with E-state index >= 15 is 0 Å². The summed E-state index contributed by atoms with van der Waals surface area (Å²) in [5.41, 5.74) is 8.55. The number of benzene rings is 2. The second-order valence-electron chi connectivity index (χ2n) is 11.6. The van der Waals surface area contributed by atoms with Gasteiger partial charge in [0.2, 0.25) is 17.5 Å². The molecule has 6 nitrogen and oxygen atoms in total. The van der Waals surface area contributed by atoms with Crippen LogP contribution in [0.15, 0.2) is 84.6 Å². The number of carbonyl (C=O) groups excluding carboxylic acids is 2. The number of nitrogens with one attached hydrogen (secondary N) is 2. The lowest BCUT2D eigenvalue weighted by molar-refractivity contribution is -0.433. The van der Waals surface area contributed by atoms with Gasteiger partial charge in [-0.15, -0.1) is 0 Å². The molecule has 0 fully saturated rings. The second-order valence-corrected chi connectivity index (χ2v) is 11.6. The van der Waals surface area contributed by atoms with Crippen molar-refractivity contribution in [2.45, 2.75) is 66.2 Å². The van der Waals surface area contributed by atoms with Crippen molar-refractivity contribution < 1.29 is 14.2 Å². The molecule has 2 heterocycles. The fraction of sp³-hybridized carbons (Fsp3) is 0.343. The molecule has 0 unspecified atom stereocenters. The molecular formula is C35H43N4O2+. The van der Waals surface area contributed by atoms with Crippen LogP contribution < -0.4 is 15.5 Å². The number of nitrogens with zero attached hydrogens (tertiary/aromatic N) is 2. The summed E-state index contributed by atoms with van der Waals surface area (Å²) in [6.45, 7) is 18.0. The van der Waals surface area contributed by atoms with Crippen molar-refractivity contribution in [1.82, 2.24) is 0 Å². The maximum absolute atomic E-state index is 11.6. The molecule has 0 bridgehead atoms. The zero-order valence-electron chi connectivity index (χ0n) is 25.6. The number of hydrogen-bond donors (Lipinski definition) is 2. The largest absolute Gasteiger partial charge is 0.344 e. The van der Waals surface area contributed by atoms with E-state index in [4.69, 9.17) is 0 Å². The van der Waals surface area contributed by atoms with Gasteiger partial charge in [-0.3, -0.25) is 9.59 Å². The van der Waals surface area contributed by atoms with Gasteiger partial charge >= 0.3 is 0 Å². The average Bonchev–Trinajstić information content (AvgIpc) is 3.25. The van der Waals surface area contributed by atoms with Gasteiger partial charge in [0.05, 0.1) is 5.41 Å². The van der Waals surface area contributed by atoms with Gasteiger partial charge in [-0.25, -0.2) is 0 Å². The summed E-state index contributed by atoms with van der Waals surface area (Å²) in [5.74, 6) is -0.129. The Morgan fingerprint density at radius 3 is 2.00 bits per heavy atom. The third-order valence-corrected chi connectivity index (χ3v) is 8.01. The van der Waals surface area contributed by atoms with Gasteiger partial charge in [0, 0.05) is 66.3 Å². The molecule has 0 saturated carbocycles. The topological polar surface area (TPSA) is 64.5 Å². The molecule has 2 aliphatic heterocycles. The van der Waals surface area contributed by atoms with Gasteiger partial charge in [-0.05, 0) is 69.7 Å². The molecule has 0 aliphatic carbocycles. The Morgan fingerprint density at radius 2 is 1.39 bits per heavy atom. The Balaban J connectivity index is 1.50. The fourth-order valence-corrected chi connectivity index (χ4v) is 6.08. The molecule has 2 aliphatic rings. The summed E-state index contributed by atoms with van der Waals surface area (Å²) in [5, 5.41) is 5.82. The standard InChI is InChI=1S/C35H42N4O2/c1-9-38-30-20-18-26(36-24(3)40)22-28(30)34(5,6)32(38)16-14-12-11-13-15-17-33-35(7,8)29-23-27(37-25(4)41)19-21-31(29)39(33)10-2/h11-23H,9-10H2,1-8H3,(H-,36,37,40,41)/p+1. The summed E-state index contributed by atoms with van der Waals surface area (Å²) in [6.07, 6.45) is 14.7. The number of carbonyl (C=O) groups is 2. The average molecular weight is 552 g/mol. The van der Waals surface area contributed by atoms with E-state index in [0.717, 1.165) is 24.5 Å². The van der Waals surface area contributed by atoms with Gasteiger partial charge in [0.15, 0.2) is 5.71 Å². The molecule has 6 heteroatoms. The Morgan fingerprint density at radius 1 is 0.805 bits per heavy atom. The Hall–Kier alpha value is -4.19. The van der Waals surface area contributed by atoms with Crippen LogP contribution in [-0.4, -0.2) is 35.2 Å². The molecule has 2 aromatic carbocycles. The molecule has 41 heavy (non-hydrogen) atoms. The number of anilines is 3. The summed E-state index contributed by atoms with van der Waals surface area (Å²) < 4.78 is 2.34. The minimum absolute atomic E-state index is 0.0643.